The number of alkyl halides is 3. The first-order valence-corrected chi connectivity index (χ1v) is 6.79. The molecular weight excluding hydrogens is 349 g/mol. The molecule has 0 radical (unpaired) electrons. The standard InChI is InChI=1S/C14H10ClF3N4O2/c15-9-2-1-7(5-8(9)14(16,17)18)11(19)10-12(20)21-6-22(3-4-23)13(10)24/h1-2,4-6,19H,3,20H2. The van der Waals surface area contributed by atoms with Crippen LogP contribution in [0.15, 0.2) is 29.3 Å². The third-order valence-corrected chi connectivity index (χ3v) is 3.48. The summed E-state index contributed by atoms with van der Waals surface area (Å²) in [5.41, 5.74) is 2.49. The number of rotatable bonds is 4. The summed E-state index contributed by atoms with van der Waals surface area (Å²) < 4.78 is 39.7. The Bertz CT molecular complexity index is 877. The number of nitrogens with zero attached hydrogens (tertiary/aromatic N) is 2. The van der Waals surface area contributed by atoms with Crippen LogP contribution in [-0.4, -0.2) is 21.5 Å². The van der Waals surface area contributed by atoms with Gasteiger partial charge in [0.15, 0.2) is 0 Å². The molecular formula is C14H10ClF3N4O2. The Morgan fingerprint density at radius 3 is 2.67 bits per heavy atom. The van der Waals surface area contributed by atoms with E-state index in [4.69, 9.17) is 22.7 Å². The van der Waals surface area contributed by atoms with E-state index in [9.17, 15) is 22.8 Å². The Balaban J connectivity index is 2.60. The van der Waals surface area contributed by atoms with Gasteiger partial charge in [0.2, 0.25) is 0 Å². The number of aromatic nitrogens is 2. The Hall–Kier alpha value is -2.68. The van der Waals surface area contributed by atoms with Crippen molar-refractivity contribution in [2.24, 2.45) is 0 Å². The zero-order chi connectivity index (χ0) is 18.1. The predicted molar refractivity (Wildman–Crippen MR) is 81.4 cm³/mol. The zero-order valence-corrected chi connectivity index (χ0v) is 12.6. The van der Waals surface area contributed by atoms with Crippen LogP contribution in [0.3, 0.4) is 0 Å². The van der Waals surface area contributed by atoms with Gasteiger partial charge in [-0.25, -0.2) is 4.98 Å². The topological polar surface area (TPSA) is 102 Å². The number of anilines is 1. The minimum absolute atomic E-state index is 0.207. The van der Waals surface area contributed by atoms with E-state index in [-0.39, 0.29) is 17.9 Å². The van der Waals surface area contributed by atoms with Crippen LogP contribution < -0.4 is 11.3 Å². The summed E-state index contributed by atoms with van der Waals surface area (Å²) in [7, 11) is 0. The molecule has 0 unspecified atom stereocenters. The highest BCUT2D eigenvalue weighted by Crippen LogP contribution is 2.35. The molecule has 0 aliphatic carbocycles. The summed E-state index contributed by atoms with van der Waals surface area (Å²) >= 11 is 5.53. The number of nitrogens with two attached hydrogens (primary N) is 1. The second-order valence-electron chi connectivity index (χ2n) is 4.70. The van der Waals surface area contributed by atoms with Gasteiger partial charge < -0.3 is 10.5 Å². The average molecular weight is 359 g/mol. The lowest BCUT2D eigenvalue weighted by atomic mass is 10.0. The Morgan fingerprint density at radius 1 is 1.42 bits per heavy atom. The van der Waals surface area contributed by atoms with Crippen molar-refractivity contribution in [3.05, 3.63) is 56.6 Å². The van der Waals surface area contributed by atoms with Gasteiger partial charge in [-0.2, -0.15) is 13.2 Å². The molecule has 3 N–H and O–H groups in total. The van der Waals surface area contributed by atoms with E-state index in [1.807, 2.05) is 0 Å². The van der Waals surface area contributed by atoms with Crippen LogP contribution in [0.1, 0.15) is 16.7 Å². The van der Waals surface area contributed by atoms with Crippen molar-refractivity contribution in [1.29, 1.82) is 5.41 Å². The van der Waals surface area contributed by atoms with Crippen LogP contribution in [0.2, 0.25) is 5.02 Å². The highest BCUT2D eigenvalue weighted by molar-refractivity contribution is 6.31. The van der Waals surface area contributed by atoms with Crippen molar-refractivity contribution in [3.8, 4) is 0 Å². The molecule has 2 aromatic rings. The normalized spacial score (nSPS) is 11.3. The van der Waals surface area contributed by atoms with E-state index in [0.717, 1.165) is 23.0 Å². The molecule has 0 fully saturated rings. The first kappa shape index (κ1) is 17.7. The van der Waals surface area contributed by atoms with Crippen molar-refractivity contribution < 1.29 is 18.0 Å². The van der Waals surface area contributed by atoms with Crippen LogP contribution in [0.5, 0.6) is 0 Å². The second-order valence-corrected chi connectivity index (χ2v) is 5.10. The Kier molecular flexibility index (Phi) is 4.74. The zero-order valence-electron chi connectivity index (χ0n) is 11.9. The largest absolute Gasteiger partial charge is 0.417 e. The van der Waals surface area contributed by atoms with Crippen LogP contribution in [0, 0.1) is 5.41 Å². The number of halogens is 4. The minimum Gasteiger partial charge on any atom is -0.383 e. The molecule has 6 nitrogen and oxygen atoms in total. The first-order chi connectivity index (χ1) is 11.2. The lowest BCUT2D eigenvalue weighted by Crippen LogP contribution is -2.29. The van der Waals surface area contributed by atoms with E-state index in [1.54, 1.807) is 0 Å². The number of hydrogen-bond acceptors (Lipinski definition) is 5. The number of aldehydes is 1. The van der Waals surface area contributed by atoms with Gasteiger partial charge in [-0.3, -0.25) is 14.8 Å². The predicted octanol–water partition coefficient (Wildman–Crippen LogP) is 2.11. The summed E-state index contributed by atoms with van der Waals surface area (Å²) in [6, 6.07) is 2.79. The van der Waals surface area contributed by atoms with E-state index < -0.39 is 33.6 Å². The molecule has 0 saturated carbocycles. The summed E-state index contributed by atoms with van der Waals surface area (Å²) in [6.45, 7) is -0.319. The maximum absolute atomic E-state index is 12.9. The molecule has 0 saturated heterocycles. The SMILES string of the molecule is N=C(c1ccc(Cl)c(C(F)(F)F)c1)c1c(N)ncn(CC=O)c1=O. The average Bonchev–Trinajstić information content (AvgIpc) is 2.49. The molecule has 0 atom stereocenters. The molecule has 1 aromatic carbocycles. The van der Waals surface area contributed by atoms with Gasteiger partial charge in [0, 0.05) is 5.56 Å². The smallest absolute Gasteiger partial charge is 0.383 e. The molecule has 10 heteroatoms. The lowest BCUT2D eigenvalue weighted by Gasteiger charge is -2.13. The van der Waals surface area contributed by atoms with Crippen molar-refractivity contribution in [3.63, 3.8) is 0 Å². The second kappa shape index (κ2) is 6.44. The monoisotopic (exact) mass is 358 g/mol. The molecule has 1 heterocycles. The van der Waals surface area contributed by atoms with E-state index in [0.29, 0.717) is 12.4 Å². The number of benzene rings is 1. The molecule has 0 amide bonds. The number of nitrogen functional groups attached to an aromatic ring is 1. The highest BCUT2D eigenvalue weighted by atomic mass is 35.5. The molecule has 0 aliphatic rings. The van der Waals surface area contributed by atoms with Crippen molar-refractivity contribution in [2.75, 3.05) is 5.73 Å². The van der Waals surface area contributed by atoms with Crippen molar-refractivity contribution >= 4 is 29.4 Å². The van der Waals surface area contributed by atoms with Crippen molar-refractivity contribution in [2.45, 2.75) is 12.7 Å². The maximum Gasteiger partial charge on any atom is 0.417 e. The summed E-state index contributed by atoms with van der Waals surface area (Å²) in [6.07, 6.45) is -3.26. The highest BCUT2D eigenvalue weighted by Gasteiger charge is 2.34. The van der Waals surface area contributed by atoms with E-state index in [1.165, 1.54) is 0 Å². The van der Waals surface area contributed by atoms with E-state index in [2.05, 4.69) is 4.98 Å². The molecule has 0 bridgehead atoms. The van der Waals surface area contributed by atoms with Gasteiger partial charge in [0.25, 0.3) is 5.56 Å². The van der Waals surface area contributed by atoms with Gasteiger partial charge in [0.05, 0.1) is 22.8 Å². The van der Waals surface area contributed by atoms with Gasteiger partial charge in [-0.1, -0.05) is 17.7 Å². The quantitative estimate of drug-likeness (QED) is 0.645. The fourth-order valence-electron chi connectivity index (χ4n) is 1.99. The van der Waals surface area contributed by atoms with Gasteiger partial charge in [-0.15, -0.1) is 0 Å². The van der Waals surface area contributed by atoms with Crippen LogP contribution in [0.4, 0.5) is 19.0 Å². The molecule has 0 spiro atoms. The minimum atomic E-state index is -4.72. The van der Waals surface area contributed by atoms with E-state index >= 15 is 0 Å². The van der Waals surface area contributed by atoms with Gasteiger partial charge in [0.1, 0.15) is 24.0 Å². The van der Waals surface area contributed by atoms with Crippen LogP contribution in [-0.2, 0) is 17.5 Å². The summed E-state index contributed by atoms with van der Waals surface area (Å²) in [5, 5.41) is 7.49. The Labute approximate surface area is 138 Å². The lowest BCUT2D eigenvalue weighted by molar-refractivity contribution is -0.137. The van der Waals surface area contributed by atoms with Crippen LogP contribution >= 0.6 is 11.6 Å². The van der Waals surface area contributed by atoms with Crippen molar-refractivity contribution in [1.82, 2.24) is 9.55 Å². The Morgan fingerprint density at radius 2 is 2.08 bits per heavy atom. The fourth-order valence-corrected chi connectivity index (χ4v) is 2.21. The first-order valence-electron chi connectivity index (χ1n) is 6.41. The molecule has 2 rings (SSSR count). The third kappa shape index (κ3) is 3.30. The van der Waals surface area contributed by atoms with Gasteiger partial charge in [-0.05, 0) is 12.1 Å². The summed E-state index contributed by atoms with van der Waals surface area (Å²) in [4.78, 5) is 26.5. The molecule has 1 aromatic heterocycles. The molecule has 0 aliphatic heterocycles. The molecule has 24 heavy (non-hydrogen) atoms. The third-order valence-electron chi connectivity index (χ3n) is 3.15. The van der Waals surface area contributed by atoms with Crippen LogP contribution in [0.25, 0.3) is 0 Å². The number of carbonyl (C=O) groups excluding carboxylic acids is 1. The number of nitrogens with one attached hydrogen (secondary N) is 1. The summed E-state index contributed by atoms with van der Waals surface area (Å²) in [5.74, 6) is -0.323. The number of hydrogen-bond donors (Lipinski definition) is 2. The fraction of sp³-hybridized carbons (Fsp3) is 0.143. The maximum atomic E-state index is 12.9. The molecule has 126 valence electrons. The van der Waals surface area contributed by atoms with Gasteiger partial charge >= 0.3 is 6.18 Å². The number of carbonyl (C=O) groups is 1.